The Labute approximate surface area is 167 Å². The summed E-state index contributed by atoms with van der Waals surface area (Å²) in [6.07, 6.45) is 0.900. The fourth-order valence-corrected chi connectivity index (χ4v) is 4.04. The van der Waals surface area contributed by atoms with Gasteiger partial charge in [0.25, 0.3) is 5.91 Å². The van der Waals surface area contributed by atoms with Gasteiger partial charge in [0.1, 0.15) is 11.5 Å². The molecule has 150 valence electrons. The number of aromatic hydroxyl groups is 1. The minimum absolute atomic E-state index is 0.0238. The number of hydrogen-bond acceptors (Lipinski definition) is 4. The van der Waals surface area contributed by atoms with Crippen LogP contribution in [0, 0.1) is 20.8 Å². The number of nitrogens with zero attached hydrogens (tertiary/aromatic N) is 1. The van der Waals surface area contributed by atoms with Crippen molar-refractivity contribution in [3.05, 3.63) is 58.1 Å². The van der Waals surface area contributed by atoms with E-state index in [2.05, 4.69) is 37.1 Å². The first-order valence-corrected chi connectivity index (χ1v) is 9.80. The van der Waals surface area contributed by atoms with E-state index in [9.17, 15) is 9.90 Å². The van der Waals surface area contributed by atoms with Gasteiger partial charge in [-0.05, 0) is 69.0 Å². The van der Waals surface area contributed by atoms with Gasteiger partial charge >= 0.3 is 0 Å². The molecule has 5 nitrogen and oxygen atoms in total. The molecule has 1 fully saturated rings. The number of phenols is 1. The number of carbonyl (C=O) groups is 1. The largest absolute Gasteiger partial charge is 0.507 e. The van der Waals surface area contributed by atoms with Crippen LogP contribution >= 0.6 is 0 Å². The number of benzene rings is 2. The normalized spacial score (nSPS) is 18.1. The molecule has 1 saturated heterocycles. The number of phenolic OH excluding ortho intramolecular Hbond substituents is 1. The lowest BCUT2D eigenvalue weighted by molar-refractivity contribution is 0.0933. The van der Waals surface area contributed by atoms with E-state index in [0.717, 1.165) is 30.8 Å². The van der Waals surface area contributed by atoms with Gasteiger partial charge in [-0.15, -0.1) is 0 Å². The first-order valence-electron chi connectivity index (χ1n) is 9.80. The molecule has 0 aromatic heterocycles. The van der Waals surface area contributed by atoms with E-state index in [1.807, 2.05) is 13.0 Å². The third-order valence-electron chi connectivity index (χ3n) is 5.95. The van der Waals surface area contributed by atoms with Crippen molar-refractivity contribution in [2.45, 2.75) is 46.2 Å². The smallest absolute Gasteiger partial charge is 0.255 e. The Morgan fingerprint density at radius 1 is 1.21 bits per heavy atom. The Bertz CT molecular complexity index is 878. The molecule has 1 heterocycles. The van der Waals surface area contributed by atoms with Crippen LogP contribution in [0.15, 0.2) is 30.3 Å². The van der Waals surface area contributed by atoms with Crippen LogP contribution in [0.5, 0.6) is 11.5 Å². The molecule has 0 bridgehead atoms. The second-order valence-corrected chi connectivity index (χ2v) is 7.76. The van der Waals surface area contributed by atoms with Crippen LogP contribution in [0.1, 0.15) is 52.0 Å². The number of nitrogens with one attached hydrogen (secondary N) is 1. The number of likely N-dealkylation sites (tertiary alicyclic amines) is 1. The van der Waals surface area contributed by atoms with E-state index in [4.69, 9.17) is 4.74 Å². The van der Waals surface area contributed by atoms with Crippen molar-refractivity contribution in [2.75, 3.05) is 20.2 Å². The quantitative estimate of drug-likeness (QED) is 0.824. The third kappa shape index (κ3) is 3.99. The lowest BCUT2D eigenvalue weighted by Crippen LogP contribution is -2.37. The maximum Gasteiger partial charge on any atom is 0.255 e. The fourth-order valence-electron chi connectivity index (χ4n) is 4.04. The van der Waals surface area contributed by atoms with E-state index < -0.39 is 0 Å². The van der Waals surface area contributed by atoms with E-state index in [1.165, 1.54) is 16.7 Å². The van der Waals surface area contributed by atoms with E-state index in [0.29, 0.717) is 5.56 Å². The van der Waals surface area contributed by atoms with Crippen LogP contribution in [0.2, 0.25) is 0 Å². The molecule has 3 rings (SSSR count). The van der Waals surface area contributed by atoms with Crippen molar-refractivity contribution in [2.24, 2.45) is 0 Å². The molecule has 2 aromatic rings. The molecule has 1 amide bonds. The summed E-state index contributed by atoms with van der Waals surface area (Å²) in [6, 6.07) is 9.61. The average molecular weight is 383 g/mol. The highest BCUT2D eigenvalue weighted by Crippen LogP contribution is 2.32. The van der Waals surface area contributed by atoms with Gasteiger partial charge in [0.15, 0.2) is 0 Å². The van der Waals surface area contributed by atoms with Crippen molar-refractivity contribution in [3.8, 4) is 11.5 Å². The van der Waals surface area contributed by atoms with Crippen molar-refractivity contribution in [3.63, 3.8) is 0 Å². The Balaban J connectivity index is 1.67. The highest BCUT2D eigenvalue weighted by atomic mass is 16.5. The number of hydrogen-bond donors (Lipinski definition) is 2. The van der Waals surface area contributed by atoms with Crippen LogP contribution in [0.25, 0.3) is 0 Å². The standard InChI is InChI=1S/C23H30N2O3/c1-14-6-8-21(26)20(12-14)23(27)24-18-10-11-25(13-18)17(4)19-7-9-22(28-5)16(3)15(19)2/h6-9,12,17-18,26H,10-11,13H2,1-5H3,(H,24,27)/t17?,18-/m1/s1. The van der Waals surface area contributed by atoms with Crippen molar-refractivity contribution >= 4 is 5.91 Å². The van der Waals surface area contributed by atoms with Gasteiger partial charge in [-0.1, -0.05) is 17.7 Å². The van der Waals surface area contributed by atoms with E-state index in [1.54, 1.807) is 25.3 Å². The number of carbonyl (C=O) groups excluding carboxylic acids is 1. The van der Waals surface area contributed by atoms with Crippen LogP contribution in [-0.4, -0.2) is 42.2 Å². The predicted octanol–water partition coefficient (Wildman–Crippen LogP) is 3.89. The lowest BCUT2D eigenvalue weighted by Gasteiger charge is -2.27. The summed E-state index contributed by atoms with van der Waals surface area (Å²) < 4.78 is 5.43. The number of amides is 1. The van der Waals surface area contributed by atoms with Crippen LogP contribution in [-0.2, 0) is 0 Å². The van der Waals surface area contributed by atoms with Crippen LogP contribution in [0.4, 0.5) is 0 Å². The maximum atomic E-state index is 12.6. The molecule has 2 atom stereocenters. The molecule has 2 aromatic carbocycles. The molecule has 28 heavy (non-hydrogen) atoms. The van der Waals surface area contributed by atoms with Crippen molar-refractivity contribution < 1.29 is 14.6 Å². The second kappa shape index (κ2) is 8.23. The molecular formula is C23H30N2O3. The monoisotopic (exact) mass is 382 g/mol. The molecule has 0 spiro atoms. The van der Waals surface area contributed by atoms with Gasteiger partial charge in [0, 0.05) is 25.2 Å². The average Bonchev–Trinajstić information content (AvgIpc) is 3.13. The summed E-state index contributed by atoms with van der Waals surface area (Å²) in [5.41, 5.74) is 5.01. The molecule has 1 aliphatic rings. The molecular weight excluding hydrogens is 352 g/mol. The summed E-state index contributed by atoms with van der Waals surface area (Å²) in [5.74, 6) is 0.728. The molecule has 1 unspecified atom stereocenters. The van der Waals surface area contributed by atoms with Gasteiger partial charge in [0.05, 0.1) is 12.7 Å². The number of rotatable bonds is 5. The number of methoxy groups -OCH3 is 1. The van der Waals surface area contributed by atoms with Crippen molar-refractivity contribution in [1.29, 1.82) is 0 Å². The van der Waals surface area contributed by atoms with Crippen molar-refractivity contribution in [1.82, 2.24) is 10.2 Å². The van der Waals surface area contributed by atoms with Gasteiger partial charge < -0.3 is 15.2 Å². The molecule has 2 N–H and O–H groups in total. The topological polar surface area (TPSA) is 61.8 Å². The van der Waals surface area contributed by atoms with Crippen LogP contribution < -0.4 is 10.1 Å². The summed E-state index contributed by atoms with van der Waals surface area (Å²) in [4.78, 5) is 15.0. The van der Waals surface area contributed by atoms with E-state index in [-0.39, 0.29) is 23.7 Å². The molecule has 5 heteroatoms. The number of ether oxygens (including phenoxy) is 1. The summed E-state index contributed by atoms with van der Waals surface area (Å²) in [6.45, 7) is 10.1. The van der Waals surface area contributed by atoms with Gasteiger partial charge in [-0.3, -0.25) is 9.69 Å². The molecule has 1 aliphatic heterocycles. The molecule has 0 aliphatic carbocycles. The Morgan fingerprint density at radius 2 is 1.96 bits per heavy atom. The fraction of sp³-hybridized carbons (Fsp3) is 0.435. The van der Waals surface area contributed by atoms with Gasteiger partial charge in [0.2, 0.25) is 0 Å². The predicted molar refractivity (Wildman–Crippen MR) is 111 cm³/mol. The SMILES string of the molecule is COc1ccc(C(C)N2CC[C@@H](NC(=O)c3cc(C)ccc3O)C2)c(C)c1C. The Kier molecular flexibility index (Phi) is 5.94. The summed E-state index contributed by atoms with van der Waals surface area (Å²) in [5, 5.41) is 13.1. The first kappa shape index (κ1) is 20.2. The first-order chi connectivity index (χ1) is 13.3. The number of aryl methyl sites for hydroxylation is 1. The minimum Gasteiger partial charge on any atom is -0.507 e. The highest BCUT2D eigenvalue weighted by molar-refractivity contribution is 5.97. The maximum absolute atomic E-state index is 12.6. The summed E-state index contributed by atoms with van der Waals surface area (Å²) >= 11 is 0. The third-order valence-corrected chi connectivity index (χ3v) is 5.95. The Hall–Kier alpha value is -2.53. The second-order valence-electron chi connectivity index (χ2n) is 7.76. The minimum atomic E-state index is -0.211. The van der Waals surface area contributed by atoms with Gasteiger partial charge in [-0.25, -0.2) is 0 Å². The molecule has 0 saturated carbocycles. The zero-order chi connectivity index (χ0) is 20.4. The van der Waals surface area contributed by atoms with Crippen LogP contribution in [0.3, 0.4) is 0 Å². The zero-order valence-corrected chi connectivity index (χ0v) is 17.4. The lowest BCUT2D eigenvalue weighted by atomic mass is 9.97. The molecule has 0 radical (unpaired) electrons. The van der Waals surface area contributed by atoms with E-state index >= 15 is 0 Å². The van der Waals surface area contributed by atoms with Gasteiger partial charge in [-0.2, -0.15) is 0 Å². The summed E-state index contributed by atoms with van der Waals surface area (Å²) in [7, 11) is 1.70. The zero-order valence-electron chi connectivity index (χ0n) is 17.4. The highest BCUT2D eigenvalue weighted by Gasteiger charge is 2.29. The Morgan fingerprint density at radius 3 is 2.68 bits per heavy atom.